The van der Waals surface area contributed by atoms with E-state index in [-0.39, 0.29) is 0 Å². The molecule has 3 aromatic rings. The minimum atomic E-state index is 0.479. The second-order valence-corrected chi connectivity index (χ2v) is 5.06. The van der Waals surface area contributed by atoms with Gasteiger partial charge < -0.3 is 4.74 Å². The summed E-state index contributed by atoms with van der Waals surface area (Å²) in [6.45, 7) is 0.533. The third-order valence-electron chi connectivity index (χ3n) is 3.36. The third kappa shape index (κ3) is 4.00. The predicted octanol–water partition coefficient (Wildman–Crippen LogP) is 3.93. The molecule has 0 aliphatic rings. The largest absolute Gasteiger partial charge is 0.489 e. The first kappa shape index (κ1) is 15.3. The fourth-order valence-corrected chi connectivity index (χ4v) is 2.10. The van der Waals surface area contributed by atoms with Crippen molar-refractivity contribution in [2.45, 2.75) is 6.61 Å². The number of nitriles is 1. The van der Waals surface area contributed by atoms with Crippen LogP contribution in [0.3, 0.4) is 0 Å². The highest BCUT2D eigenvalue weighted by Gasteiger charge is 1.98. The van der Waals surface area contributed by atoms with Crippen LogP contribution >= 0.6 is 0 Å². The average Bonchev–Trinajstić information content (AvgIpc) is 2.66. The quantitative estimate of drug-likeness (QED) is 0.689. The maximum absolute atomic E-state index is 9.03. The maximum atomic E-state index is 9.03. The Balaban J connectivity index is 1.67. The van der Waals surface area contributed by atoms with E-state index in [1.165, 1.54) is 0 Å². The fraction of sp³-hybridized carbons (Fsp3) is 0.0476. The van der Waals surface area contributed by atoms with Gasteiger partial charge in [-0.1, -0.05) is 36.3 Å². The Morgan fingerprint density at radius 2 is 1.67 bits per heavy atom. The van der Waals surface area contributed by atoms with Crippen LogP contribution in [0.2, 0.25) is 0 Å². The van der Waals surface area contributed by atoms with E-state index in [4.69, 9.17) is 10.00 Å². The summed E-state index contributed by atoms with van der Waals surface area (Å²) in [5, 5.41) is 9.03. The van der Waals surface area contributed by atoms with Crippen molar-refractivity contribution < 1.29 is 4.74 Å². The normalized spacial score (nSPS) is 9.46. The molecule has 1 aromatic heterocycles. The van der Waals surface area contributed by atoms with E-state index >= 15 is 0 Å². The van der Waals surface area contributed by atoms with Crippen LogP contribution < -0.4 is 4.74 Å². The molecule has 3 nitrogen and oxygen atoms in total. The van der Waals surface area contributed by atoms with Gasteiger partial charge in [-0.2, -0.15) is 5.26 Å². The van der Waals surface area contributed by atoms with E-state index in [9.17, 15) is 0 Å². The molecule has 2 aromatic carbocycles. The molecule has 0 aliphatic carbocycles. The summed E-state index contributed by atoms with van der Waals surface area (Å²) in [5.41, 5.74) is 2.94. The van der Waals surface area contributed by atoms with E-state index in [2.05, 4.69) is 22.9 Å². The highest BCUT2D eigenvalue weighted by atomic mass is 16.5. The molecular weight excluding hydrogens is 296 g/mol. The Labute approximate surface area is 141 Å². The summed E-state index contributed by atoms with van der Waals surface area (Å²) in [5.74, 6) is 6.74. The lowest BCUT2D eigenvalue weighted by Gasteiger charge is -2.05. The molecule has 0 fully saturated rings. The summed E-state index contributed by atoms with van der Waals surface area (Å²) in [4.78, 5) is 4.12. The number of pyridine rings is 1. The van der Waals surface area contributed by atoms with Crippen LogP contribution in [0.1, 0.15) is 22.4 Å². The highest BCUT2D eigenvalue weighted by Crippen LogP contribution is 2.14. The van der Waals surface area contributed by atoms with Gasteiger partial charge in [-0.25, -0.2) is 4.98 Å². The van der Waals surface area contributed by atoms with Crippen molar-refractivity contribution in [3.8, 4) is 23.7 Å². The molecule has 0 unspecified atom stereocenters. The Morgan fingerprint density at radius 1 is 0.875 bits per heavy atom. The molecule has 114 valence electrons. The second-order valence-electron chi connectivity index (χ2n) is 5.06. The molecule has 1 heterocycles. The second kappa shape index (κ2) is 7.63. The van der Waals surface area contributed by atoms with Gasteiger partial charge in [-0.3, -0.25) is 0 Å². The zero-order valence-electron chi connectivity index (χ0n) is 12.9. The Hall–Kier alpha value is -3.56. The molecule has 3 rings (SSSR count). The smallest absolute Gasteiger partial charge is 0.131 e. The fourth-order valence-electron chi connectivity index (χ4n) is 2.10. The van der Waals surface area contributed by atoms with E-state index in [0.29, 0.717) is 17.9 Å². The lowest BCUT2D eigenvalue weighted by Crippen LogP contribution is -1.94. The minimum absolute atomic E-state index is 0.479. The first-order chi connectivity index (χ1) is 11.8. The van der Waals surface area contributed by atoms with Crippen molar-refractivity contribution in [2.75, 3.05) is 0 Å². The predicted molar refractivity (Wildman–Crippen MR) is 92.1 cm³/mol. The van der Waals surface area contributed by atoms with Crippen molar-refractivity contribution in [3.05, 3.63) is 95.3 Å². The van der Waals surface area contributed by atoms with Gasteiger partial charge in [0.15, 0.2) is 0 Å². The number of hydrogen-bond donors (Lipinski definition) is 0. The molecule has 0 saturated heterocycles. The van der Waals surface area contributed by atoms with Crippen LogP contribution in [0.5, 0.6) is 5.75 Å². The molecule has 0 saturated carbocycles. The molecule has 0 radical (unpaired) electrons. The number of hydrogen-bond acceptors (Lipinski definition) is 3. The summed E-state index contributed by atoms with van der Waals surface area (Å²) in [6.07, 6.45) is 1.63. The van der Waals surface area contributed by atoms with Crippen LogP contribution in [0.4, 0.5) is 0 Å². The van der Waals surface area contributed by atoms with Gasteiger partial charge in [-0.15, -0.1) is 0 Å². The standard InChI is InChI=1S/C21H14N2O/c22-15-19-7-4-14-23-21(19)13-10-17-8-11-20(12-9-17)24-16-18-5-2-1-3-6-18/h1-9,11-12,14H,16H2. The first-order valence-corrected chi connectivity index (χ1v) is 7.49. The average molecular weight is 310 g/mol. The lowest BCUT2D eigenvalue weighted by molar-refractivity contribution is 0.306. The van der Waals surface area contributed by atoms with E-state index in [1.807, 2.05) is 54.6 Å². The molecule has 0 bridgehead atoms. The van der Waals surface area contributed by atoms with Gasteiger partial charge in [0.2, 0.25) is 0 Å². The summed E-state index contributed by atoms with van der Waals surface area (Å²) in [6, 6.07) is 23.1. The van der Waals surface area contributed by atoms with Gasteiger partial charge in [0.05, 0.1) is 5.56 Å². The number of rotatable bonds is 3. The van der Waals surface area contributed by atoms with E-state index < -0.39 is 0 Å². The Kier molecular flexibility index (Phi) is 4.87. The SMILES string of the molecule is N#Cc1cccnc1C#Cc1ccc(OCc2ccccc2)cc1. The van der Waals surface area contributed by atoms with Gasteiger partial charge in [-0.05, 0) is 47.9 Å². The summed E-state index contributed by atoms with van der Waals surface area (Å²) < 4.78 is 5.74. The van der Waals surface area contributed by atoms with Crippen LogP contribution in [-0.2, 0) is 6.61 Å². The van der Waals surface area contributed by atoms with Crippen LogP contribution in [0.15, 0.2) is 72.9 Å². The van der Waals surface area contributed by atoms with Crippen molar-refractivity contribution in [1.29, 1.82) is 5.26 Å². The van der Waals surface area contributed by atoms with Crippen molar-refractivity contribution >= 4 is 0 Å². The minimum Gasteiger partial charge on any atom is -0.489 e. The highest BCUT2D eigenvalue weighted by molar-refractivity contribution is 5.47. The molecule has 0 N–H and O–H groups in total. The van der Waals surface area contributed by atoms with Gasteiger partial charge in [0.1, 0.15) is 24.1 Å². The summed E-state index contributed by atoms with van der Waals surface area (Å²) >= 11 is 0. The summed E-state index contributed by atoms with van der Waals surface area (Å²) in [7, 11) is 0. The molecule has 0 aliphatic heterocycles. The molecular formula is C21H14N2O. The molecule has 0 atom stereocenters. The Morgan fingerprint density at radius 3 is 2.42 bits per heavy atom. The number of ether oxygens (including phenoxy) is 1. The molecule has 24 heavy (non-hydrogen) atoms. The first-order valence-electron chi connectivity index (χ1n) is 7.49. The van der Waals surface area contributed by atoms with Crippen molar-refractivity contribution in [2.24, 2.45) is 0 Å². The number of aromatic nitrogens is 1. The van der Waals surface area contributed by atoms with Crippen molar-refractivity contribution in [3.63, 3.8) is 0 Å². The maximum Gasteiger partial charge on any atom is 0.131 e. The monoisotopic (exact) mass is 310 g/mol. The molecule has 0 spiro atoms. The van der Waals surface area contributed by atoms with Crippen molar-refractivity contribution in [1.82, 2.24) is 4.98 Å². The zero-order valence-corrected chi connectivity index (χ0v) is 12.9. The lowest BCUT2D eigenvalue weighted by atomic mass is 10.2. The molecule has 3 heteroatoms. The number of benzene rings is 2. The van der Waals surface area contributed by atoms with E-state index in [1.54, 1.807) is 18.3 Å². The number of nitrogens with zero attached hydrogens (tertiary/aromatic N) is 2. The molecule has 0 amide bonds. The van der Waals surface area contributed by atoms with E-state index in [0.717, 1.165) is 16.9 Å². The van der Waals surface area contributed by atoms with Crippen LogP contribution in [-0.4, -0.2) is 4.98 Å². The van der Waals surface area contributed by atoms with Crippen LogP contribution in [0, 0.1) is 23.2 Å². The topological polar surface area (TPSA) is 45.9 Å². The zero-order chi connectivity index (χ0) is 16.6. The Bertz CT molecular complexity index is 914. The van der Waals surface area contributed by atoms with Crippen LogP contribution in [0.25, 0.3) is 0 Å². The van der Waals surface area contributed by atoms with Gasteiger partial charge >= 0.3 is 0 Å². The third-order valence-corrected chi connectivity index (χ3v) is 3.36. The van der Waals surface area contributed by atoms with Gasteiger partial charge in [0, 0.05) is 11.8 Å². The van der Waals surface area contributed by atoms with Gasteiger partial charge in [0.25, 0.3) is 0 Å².